The second kappa shape index (κ2) is 9.21. The molecule has 0 aromatic heterocycles. The molecule has 4 nitrogen and oxygen atoms in total. The fourth-order valence-corrected chi connectivity index (χ4v) is 10.6. The number of fused-ring (bicyclic) bond motifs is 4. The molecule has 0 atom stereocenters. The van der Waals surface area contributed by atoms with Gasteiger partial charge in [-0.1, -0.05) is 75.7 Å². The van der Waals surface area contributed by atoms with E-state index in [2.05, 4.69) is 87.8 Å². The zero-order valence-electron chi connectivity index (χ0n) is 23.7. The number of carbonyl (C=O) groups excluding carboxylic acids is 2. The van der Waals surface area contributed by atoms with Gasteiger partial charge in [0.05, 0.1) is 41.5 Å². The summed E-state index contributed by atoms with van der Waals surface area (Å²) in [5.41, 5.74) is 5.91. The fraction of sp³-hybridized carbons (Fsp3) is 0.312. The van der Waals surface area contributed by atoms with E-state index >= 15 is 0 Å². The Kier molecular flexibility index (Phi) is 6.39. The molecule has 0 amide bonds. The van der Waals surface area contributed by atoms with Crippen molar-refractivity contribution < 1.29 is 19.1 Å². The Morgan fingerprint density at radius 1 is 0.605 bits per heavy atom. The largest absolute Gasteiger partial charge is 0.465 e. The predicted octanol–water partition coefficient (Wildman–Crippen LogP) is 6.15. The zero-order valence-corrected chi connectivity index (χ0v) is 25.7. The Hall–Kier alpha value is -3.23. The Morgan fingerprint density at radius 3 is 1.29 bits per heavy atom. The topological polar surface area (TPSA) is 52.6 Å². The van der Waals surface area contributed by atoms with Crippen molar-refractivity contribution in [3.05, 3.63) is 81.9 Å². The minimum atomic E-state index is -2.11. The van der Waals surface area contributed by atoms with Gasteiger partial charge in [0.25, 0.3) is 0 Å². The molecular formula is C32H36O4Si2. The second-order valence-electron chi connectivity index (χ2n) is 12.5. The van der Waals surface area contributed by atoms with E-state index in [-0.39, 0.29) is 0 Å². The van der Waals surface area contributed by atoms with Gasteiger partial charge in [0.15, 0.2) is 0 Å². The number of hydrogen-bond acceptors (Lipinski definition) is 4. The lowest BCUT2D eigenvalue weighted by atomic mass is 9.82. The third kappa shape index (κ3) is 4.29. The average Bonchev–Trinajstić information content (AvgIpc) is 2.85. The van der Waals surface area contributed by atoms with Crippen molar-refractivity contribution in [2.75, 3.05) is 14.2 Å². The van der Waals surface area contributed by atoms with Gasteiger partial charge in [-0.15, -0.1) is 0 Å². The maximum absolute atomic E-state index is 13.4. The van der Waals surface area contributed by atoms with E-state index < -0.39 is 28.1 Å². The first-order valence-corrected chi connectivity index (χ1v) is 20.2. The van der Waals surface area contributed by atoms with E-state index in [0.29, 0.717) is 11.1 Å². The van der Waals surface area contributed by atoms with Crippen molar-refractivity contribution in [3.63, 3.8) is 0 Å². The smallest absolute Gasteiger partial charge is 0.338 e. The molecule has 0 radical (unpaired) electrons. The first-order valence-electron chi connectivity index (χ1n) is 13.2. The molecule has 0 saturated heterocycles. The van der Waals surface area contributed by atoms with Gasteiger partial charge >= 0.3 is 11.9 Å². The molecular weight excluding hydrogens is 505 g/mol. The van der Waals surface area contributed by atoms with Crippen LogP contribution in [0.3, 0.4) is 0 Å². The van der Waals surface area contributed by atoms with Crippen LogP contribution >= 0.6 is 0 Å². The van der Waals surface area contributed by atoms with E-state index in [1.165, 1.54) is 58.0 Å². The van der Waals surface area contributed by atoms with Crippen LogP contribution in [0.4, 0.5) is 0 Å². The molecule has 38 heavy (non-hydrogen) atoms. The zero-order chi connectivity index (χ0) is 27.6. The van der Waals surface area contributed by atoms with Crippen LogP contribution in [0.25, 0.3) is 21.5 Å². The third-order valence-corrected chi connectivity index (χ3v) is 11.9. The molecule has 0 spiro atoms. The fourth-order valence-electron chi connectivity index (χ4n) is 6.31. The maximum atomic E-state index is 13.4. The van der Waals surface area contributed by atoms with Crippen LogP contribution in [0.5, 0.6) is 0 Å². The van der Waals surface area contributed by atoms with Crippen LogP contribution in [-0.4, -0.2) is 42.3 Å². The lowest BCUT2D eigenvalue weighted by Crippen LogP contribution is -2.53. The van der Waals surface area contributed by atoms with Crippen molar-refractivity contribution in [3.8, 4) is 0 Å². The highest BCUT2D eigenvalue weighted by Crippen LogP contribution is 2.35. The number of benzene rings is 4. The molecule has 196 valence electrons. The molecule has 0 heterocycles. The lowest BCUT2D eigenvalue weighted by Gasteiger charge is -2.36. The molecule has 0 saturated carbocycles. The maximum Gasteiger partial charge on any atom is 0.338 e. The van der Waals surface area contributed by atoms with Crippen molar-refractivity contribution in [1.82, 2.24) is 0 Å². The van der Waals surface area contributed by atoms with Gasteiger partial charge < -0.3 is 9.47 Å². The van der Waals surface area contributed by atoms with E-state index in [0.717, 1.165) is 23.2 Å². The number of hydrogen-bond donors (Lipinski definition) is 0. The van der Waals surface area contributed by atoms with Crippen LogP contribution in [0.2, 0.25) is 39.3 Å². The van der Waals surface area contributed by atoms with Crippen molar-refractivity contribution in [1.29, 1.82) is 0 Å². The quantitative estimate of drug-likeness (QED) is 0.156. The standard InChI is InChI=1S/C32H36O4Si2/c1-35-31(33)27-28(32(34)36-2)30(38(6,7)8)26-18-24-16-22-14-20-12-10-9-11-19(20)13-21(22)15-23(24)17-25(26)29(27)37(3,4)5/h9-16H,17-18H2,1-8H3. The van der Waals surface area contributed by atoms with Gasteiger partial charge in [-0.05, 0) is 79.1 Å². The third-order valence-electron chi connectivity index (χ3n) is 7.75. The summed E-state index contributed by atoms with van der Waals surface area (Å²) in [6.45, 7) is 13.5. The van der Waals surface area contributed by atoms with E-state index in [4.69, 9.17) is 9.47 Å². The van der Waals surface area contributed by atoms with Crippen molar-refractivity contribution >= 4 is 60.0 Å². The van der Waals surface area contributed by atoms with Crippen molar-refractivity contribution in [2.45, 2.75) is 52.1 Å². The van der Waals surface area contributed by atoms with Crippen molar-refractivity contribution in [2.24, 2.45) is 0 Å². The molecule has 5 rings (SSSR count). The number of carbonyl (C=O) groups is 2. The second-order valence-corrected chi connectivity index (χ2v) is 22.5. The SMILES string of the molecule is COC(=O)c1c(C(=O)OC)c([Si](C)(C)C)c2c(c1[Si](C)(C)C)Cc1cc3cc4ccccc4cc3cc1C2. The van der Waals surface area contributed by atoms with Gasteiger partial charge in [0.2, 0.25) is 0 Å². The normalized spacial score (nSPS) is 13.3. The van der Waals surface area contributed by atoms with Gasteiger partial charge in [-0.2, -0.15) is 0 Å². The summed E-state index contributed by atoms with van der Waals surface area (Å²) >= 11 is 0. The van der Waals surface area contributed by atoms with Gasteiger partial charge in [-0.25, -0.2) is 9.59 Å². The summed E-state index contributed by atoms with van der Waals surface area (Å²) in [4.78, 5) is 26.9. The van der Waals surface area contributed by atoms with E-state index in [9.17, 15) is 9.59 Å². The molecule has 0 fully saturated rings. The van der Waals surface area contributed by atoms with Crippen LogP contribution < -0.4 is 10.4 Å². The van der Waals surface area contributed by atoms with Crippen LogP contribution in [0.1, 0.15) is 43.0 Å². The monoisotopic (exact) mass is 540 g/mol. The number of esters is 2. The number of methoxy groups -OCH3 is 2. The first kappa shape index (κ1) is 26.4. The molecule has 0 unspecified atom stereocenters. The summed E-state index contributed by atoms with van der Waals surface area (Å²) in [5, 5.41) is 6.99. The Bertz CT molecular complexity index is 1520. The highest BCUT2D eigenvalue weighted by Gasteiger charge is 2.41. The van der Waals surface area contributed by atoms with Crippen LogP contribution in [-0.2, 0) is 22.3 Å². The molecule has 4 aromatic rings. The number of rotatable bonds is 4. The summed E-state index contributed by atoms with van der Waals surface area (Å²) in [5.74, 6) is -0.887. The van der Waals surface area contributed by atoms with Gasteiger partial charge in [-0.3, -0.25) is 0 Å². The van der Waals surface area contributed by atoms with E-state index in [1.54, 1.807) is 0 Å². The molecule has 0 aliphatic heterocycles. The molecule has 6 heteroatoms. The molecule has 1 aliphatic rings. The van der Waals surface area contributed by atoms with Crippen LogP contribution in [0.15, 0.2) is 48.5 Å². The lowest BCUT2D eigenvalue weighted by molar-refractivity contribution is 0.0557. The highest BCUT2D eigenvalue weighted by molar-refractivity contribution is 6.92. The molecule has 0 N–H and O–H groups in total. The van der Waals surface area contributed by atoms with Gasteiger partial charge in [0, 0.05) is 0 Å². The summed E-state index contributed by atoms with van der Waals surface area (Å²) < 4.78 is 10.7. The summed E-state index contributed by atoms with van der Waals surface area (Å²) in [6, 6.07) is 17.7. The summed E-state index contributed by atoms with van der Waals surface area (Å²) in [6.07, 6.45) is 1.49. The van der Waals surface area contributed by atoms with Crippen LogP contribution in [0, 0.1) is 0 Å². The minimum Gasteiger partial charge on any atom is -0.465 e. The predicted molar refractivity (Wildman–Crippen MR) is 162 cm³/mol. The number of ether oxygens (including phenoxy) is 2. The molecule has 1 aliphatic carbocycles. The Balaban J connectivity index is 1.88. The van der Waals surface area contributed by atoms with Gasteiger partial charge in [0.1, 0.15) is 0 Å². The summed E-state index contributed by atoms with van der Waals surface area (Å²) in [7, 11) is -1.43. The Labute approximate surface area is 227 Å². The van der Waals surface area contributed by atoms with E-state index in [1.807, 2.05) is 0 Å². The average molecular weight is 541 g/mol. The minimum absolute atomic E-state index is 0.435. The Morgan fingerprint density at radius 2 is 0.974 bits per heavy atom. The molecule has 4 aromatic carbocycles. The first-order chi connectivity index (χ1) is 17.8. The highest BCUT2D eigenvalue weighted by atomic mass is 28.3. The molecule has 0 bridgehead atoms.